The molecule has 1 N–H and O–H groups in total. The second-order valence-electron chi connectivity index (χ2n) is 7.94. The molecule has 1 fully saturated rings. The van der Waals surface area contributed by atoms with Crippen LogP contribution < -0.4 is 5.32 Å². The number of hydrogen-bond donors (Lipinski definition) is 1. The second kappa shape index (κ2) is 11.8. The van der Waals surface area contributed by atoms with Crippen LogP contribution in [0, 0.1) is 5.92 Å². The normalized spacial score (nSPS) is 18.2. The minimum Gasteiger partial charge on any atom is -0.355 e. The van der Waals surface area contributed by atoms with Crippen LogP contribution in [0.25, 0.3) is 0 Å². The van der Waals surface area contributed by atoms with Gasteiger partial charge in [-0.3, -0.25) is 9.59 Å². The first kappa shape index (κ1) is 22.4. The number of rotatable bonds is 12. The van der Waals surface area contributed by atoms with Crippen LogP contribution in [0.4, 0.5) is 0 Å². The van der Waals surface area contributed by atoms with E-state index in [4.69, 9.17) is 0 Å². The molecule has 1 heterocycles. The van der Waals surface area contributed by atoms with Crippen LogP contribution in [0.5, 0.6) is 0 Å². The lowest BCUT2D eigenvalue weighted by Crippen LogP contribution is -2.60. The number of benzene rings is 2. The molecular weight excluding hydrogens is 392 g/mol. The summed E-state index contributed by atoms with van der Waals surface area (Å²) in [5.74, 6) is 0.863. The van der Waals surface area contributed by atoms with E-state index in [1.54, 1.807) is 16.7 Å². The Kier molecular flexibility index (Phi) is 8.81. The molecule has 0 spiro atoms. The highest BCUT2D eigenvalue weighted by atomic mass is 32.2. The highest BCUT2D eigenvalue weighted by Crippen LogP contribution is 2.36. The Morgan fingerprint density at radius 3 is 2.27 bits per heavy atom. The van der Waals surface area contributed by atoms with Crippen molar-refractivity contribution in [1.29, 1.82) is 0 Å². The molecule has 4 nitrogen and oxygen atoms in total. The SMILES string of the molecule is C[C@H]1C(=O)N(CC(=O)NCCCCCCc2ccccc2)[C@@H]1SCc1ccccc1. The Morgan fingerprint density at radius 2 is 1.57 bits per heavy atom. The summed E-state index contributed by atoms with van der Waals surface area (Å²) in [7, 11) is 0. The van der Waals surface area contributed by atoms with Gasteiger partial charge in [-0.1, -0.05) is 80.4 Å². The second-order valence-corrected chi connectivity index (χ2v) is 9.05. The Balaban J connectivity index is 1.28. The summed E-state index contributed by atoms with van der Waals surface area (Å²) in [6, 6.07) is 20.8. The Labute approximate surface area is 184 Å². The minimum atomic E-state index is -0.0511. The number of carbonyl (C=O) groups excluding carboxylic acids is 2. The number of amides is 2. The zero-order valence-electron chi connectivity index (χ0n) is 17.8. The molecule has 0 saturated carbocycles. The molecule has 1 aliphatic heterocycles. The molecule has 2 aromatic rings. The lowest BCUT2D eigenvalue weighted by Gasteiger charge is -2.44. The van der Waals surface area contributed by atoms with E-state index >= 15 is 0 Å². The molecule has 30 heavy (non-hydrogen) atoms. The van der Waals surface area contributed by atoms with Gasteiger partial charge in [0.05, 0.1) is 11.3 Å². The van der Waals surface area contributed by atoms with Crippen molar-refractivity contribution in [3.63, 3.8) is 0 Å². The lowest BCUT2D eigenvalue weighted by molar-refractivity contribution is -0.152. The highest BCUT2D eigenvalue weighted by molar-refractivity contribution is 7.99. The third-order valence-electron chi connectivity index (χ3n) is 5.54. The van der Waals surface area contributed by atoms with Gasteiger partial charge in [0.15, 0.2) is 0 Å². The summed E-state index contributed by atoms with van der Waals surface area (Å²) in [5, 5.41) is 3.06. The quantitative estimate of drug-likeness (QED) is 0.399. The summed E-state index contributed by atoms with van der Waals surface area (Å²) in [6.07, 6.45) is 5.56. The fraction of sp³-hybridized carbons (Fsp3) is 0.440. The largest absolute Gasteiger partial charge is 0.355 e. The van der Waals surface area contributed by atoms with E-state index in [-0.39, 0.29) is 29.7 Å². The fourth-order valence-electron chi connectivity index (χ4n) is 3.75. The van der Waals surface area contributed by atoms with Gasteiger partial charge in [-0.05, 0) is 30.4 Å². The van der Waals surface area contributed by atoms with Crippen LogP contribution in [0.2, 0.25) is 0 Å². The van der Waals surface area contributed by atoms with Crippen LogP contribution in [0.15, 0.2) is 60.7 Å². The number of β-lactam (4-membered cyclic amide) rings is 1. The number of unbranched alkanes of at least 4 members (excludes halogenated alkanes) is 3. The maximum atomic E-state index is 12.3. The third kappa shape index (κ3) is 6.63. The zero-order valence-corrected chi connectivity index (χ0v) is 18.6. The van der Waals surface area contributed by atoms with Gasteiger partial charge >= 0.3 is 0 Å². The predicted octanol–water partition coefficient (Wildman–Crippen LogP) is 4.64. The monoisotopic (exact) mass is 424 g/mol. The number of aryl methyl sites for hydroxylation is 1. The zero-order chi connectivity index (χ0) is 21.2. The van der Waals surface area contributed by atoms with E-state index in [9.17, 15) is 9.59 Å². The topological polar surface area (TPSA) is 49.4 Å². The average molecular weight is 425 g/mol. The molecule has 2 aromatic carbocycles. The molecule has 3 rings (SSSR count). The molecule has 5 heteroatoms. The van der Waals surface area contributed by atoms with E-state index in [1.807, 2.05) is 31.2 Å². The van der Waals surface area contributed by atoms with Crippen LogP contribution in [0.3, 0.4) is 0 Å². The number of nitrogens with one attached hydrogen (secondary N) is 1. The summed E-state index contributed by atoms with van der Waals surface area (Å²) in [6.45, 7) is 2.81. The van der Waals surface area contributed by atoms with E-state index in [0.29, 0.717) is 6.54 Å². The van der Waals surface area contributed by atoms with Crippen molar-refractivity contribution in [2.75, 3.05) is 13.1 Å². The third-order valence-corrected chi connectivity index (χ3v) is 7.05. The Hall–Kier alpha value is -2.27. The van der Waals surface area contributed by atoms with E-state index in [0.717, 1.165) is 25.0 Å². The molecular formula is C25H32N2O2S. The summed E-state index contributed by atoms with van der Waals surface area (Å²) in [4.78, 5) is 26.2. The highest BCUT2D eigenvalue weighted by Gasteiger charge is 2.44. The predicted molar refractivity (Wildman–Crippen MR) is 124 cm³/mol. The molecule has 0 radical (unpaired) electrons. The van der Waals surface area contributed by atoms with E-state index < -0.39 is 0 Å². The van der Waals surface area contributed by atoms with Crippen molar-refractivity contribution in [3.05, 3.63) is 71.8 Å². The van der Waals surface area contributed by atoms with Gasteiger partial charge < -0.3 is 10.2 Å². The Bertz CT molecular complexity index is 797. The van der Waals surface area contributed by atoms with Crippen LogP contribution in [-0.4, -0.2) is 35.2 Å². The van der Waals surface area contributed by atoms with Crippen molar-refractivity contribution in [2.45, 2.75) is 50.2 Å². The van der Waals surface area contributed by atoms with Crippen LogP contribution in [0.1, 0.15) is 43.7 Å². The van der Waals surface area contributed by atoms with Crippen molar-refractivity contribution in [1.82, 2.24) is 10.2 Å². The maximum absolute atomic E-state index is 12.3. The van der Waals surface area contributed by atoms with Gasteiger partial charge in [-0.2, -0.15) is 0 Å². The molecule has 0 aliphatic carbocycles. The standard InChI is InChI=1S/C25H32N2O2S/c1-20-24(29)27(25(20)30-19-22-15-9-5-10-16-22)18-23(28)26-17-11-3-2-6-12-21-13-7-4-8-14-21/h4-5,7-10,13-16,20,25H,2-3,6,11-12,17-19H2,1H3,(H,26,28)/t20-,25+/m0/s1. The van der Waals surface area contributed by atoms with Crippen LogP contribution in [-0.2, 0) is 21.8 Å². The van der Waals surface area contributed by atoms with E-state index in [2.05, 4.69) is 41.7 Å². The number of hydrogen-bond acceptors (Lipinski definition) is 3. The van der Waals surface area contributed by atoms with Gasteiger partial charge in [0.2, 0.25) is 11.8 Å². The maximum Gasteiger partial charge on any atom is 0.239 e. The fourth-order valence-corrected chi connectivity index (χ4v) is 5.06. The smallest absolute Gasteiger partial charge is 0.239 e. The number of carbonyl (C=O) groups is 2. The summed E-state index contributed by atoms with van der Waals surface area (Å²) >= 11 is 1.74. The molecule has 1 saturated heterocycles. The summed E-state index contributed by atoms with van der Waals surface area (Å²) < 4.78 is 0. The lowest BCUT2D eigenvalue weighted by atomic mass is 10.0. The molecule has 0 unspecified atom stereocenters. The van der Waals surface area contributed by atoms with Crippen molar-refractivity contribution < 1.29 is 9.59 Å². The number of thioether (sulfide) groups is 1. The van der Waals surface area contributed by atoms with Crippen molar-refractivity contribution in [3.8, 4) is 0 Å². The van der Waals surface area contributed by atoms with Gasteiger partial charge in [-0.25, -0.2) is 0 Å². The van der Waals surface area contributed by atoms with Gasteiger partial charge in [0, 0.05) is 12.3 Å². The first-order valence-electron chi connectivity index (χ1n) is 10.9. The molecule has 2 atom stereocenters. The van der Waals surface area contributed by atoms with Crippen LogP contribution >= 0.6 is 11.8 Å². The van der Waals surface area contributed by atoms with Gasteiger partial charge in [-0.15, -0.1) is 11.8 Å². The summed E-state index contributed by atoms with van der Waals surface area (Å²) in [5.41, 5.74) is 2.63. The number of nitrogens with zero attached hydrogens (tertiary/aromatic N) is 1. The molecule has 1 aliphatic rings. The molecule has 0 aromatic heterocycles. The first-order valence-corrected chi connectivity index (χ1v) is 12.0. The molecule has 0 bridgehead atoms. The molecule has 160 valence electrons. The van der Waals surface area contributed by atoms with Crippen molar-refractivity contribution >= 4 is 23.6 Å². The average Bonchev–Trinajstić information content (AvgIpc) is 2.79. The van der Waals surface area contributed by atoms with Gasteiger partial charge in [0.25, 0.3) is 0 Å². The van der Waals surface area contributed by atoms with Crippen molar-refractivity contribution in [2.24, 2.45) is 5.92 Å². The number of likely N-dealkylation sites (tertiary alicyclic amines) is 1. The van der Waals surface area contributed by atoms with Gasteiger partial charge in [0.1, 0.15) is 6.54 Å². The molecule has 2 amide bonds. The Morgan fingerprint density at radius 1 is 0.933 bits per heavy atom. The van der Waals surface area contributed by atoms with E-state index in [1.165, 1.54) is 24.0 Å². The minimum absolute atomic E-state index is 0.0175. The first-order chi connectivity index (χ1) is 14.6.